The van der Waals surface area contributed by atoms with Crippen LogP contribution in [0.1, 0.15) is 23.2 Å². The van der Waals surface area contributed by atoms with Crippen LogP contribution in [-0.2, 0) is 17.8 Å². The van der Waals surface area contributed by atoms with Gasteiger partial charge < -0.3 is 19.2 Å². The molecule has 0 unspecified atom stereocenters. The molecule has 146 valence electrons. The zero-order chi connectivity index (χ0) is 19.5. The first-order chi connectivity index (χ1) is 14.2. The number of imidazole rings is 1. The second kappa shape index (κ2) is 6.11. The summed E-state index contributed by atoms with van der Waals surface area (Å²) in [6.45, 7) is 2.69. The van der Waals surface area contributed by atoms with Crippen molar-refractivity contribution in [2.24, 2.45) is 5.92 Å². The van der Waals surface area contributed by atoms with Crippen LogP contribution < -0.4 is 5.32 Å². The van der Waals surface area contributed by atoms with Gasteiger partial charge in [0, 0.05) is 30.5 Å². The van der Waals surface area contributed by atoms with Gasteiger partial charge in [0.1, 0.15) is 0 Å². The molecule has 6 heteroatoms. The Bertz CT molecular complexity index is 1280. The van der Waals surface area contributed by atoms with Crippen LogP contribution in [0.5, 0.6) is 0 Å². The highest BCUT2D eigenvalue weighted by atomic mass is 16.5. The number of nitrogens with one attached hydrogen (secondary N) is 1. The molecule has 29 heavy (non-hydrogen) atoms. The average molecular weight is 386 g/mol. The summed E-state index contributed by atoms with van der Waals surface area (Å²) in [4.78, 5) is 17.1. The Balaban J connectivity index is 1.61. The number of anilines is 1. The molecule has 6 nitrogen and oxygen atoms in total. The van der Waals surface area contributed by atoms with Crippen molar-refractivity contribution >= 4 is 33.6 Å². The molecule has 1 aliphatic heterocycles. The van der Waals surface area contributed by atoms with Crippen LogP contribution in [0.25, 0.3) is 33.5 Å². The minimum Gasteiger partial charge on any atom is -0.465 e. The number of rotatable bonds is 4. The van der Waals surface area contributed by atoms with Crippen molar-refractivity contribution in [2.45, 2.75) is 25.9 Å². The van der Waals surface area contributed by atoms with E-state index in [1.807, 2.05) is 12.1 Å². The van der Waals surface area contributed by atoms with Gasteiger partial charge in [0.25, 0.3) is 0 Å². The fourth-order valence-electron chi connectivity index (χ4n) is 4.51. The van der Waals surface area contributed by atoms with Crippen molar-refractivity contribution in [2.75, 3.05) is 19.0 Å². The van der Waals surface area contributed by atoms with Gasteiger partial charge in [-0.3, -0.25) is 0 Å². The van der Waals surface area contributed by atoms with Crippen LogP contribution in [0.4, 0.5) is 5.69 Å². The maximum absolute atomic E-state index is 12.1. The minimum absolute atomic E-state index is 0.338. The molecule has 1 saturated carbocycles. The van der Waals surface area contributed by atoms with Crippen LogP contribution in [0.3, 0.4) is 0 Å². The number of nitrogens with zero attached hydrogens (tertiary/aromatic N) is 3. The summed E-state index contributed by atoms with van der Waals surface area (Å²) in [5, 5.41) is 4.66. The topological polar surface area (TPSA) is 61.1 Å². The lowest BCUT2D eigenvalue weighted by Gasteiger charge is -2.19. The number of aromatic nitrogens is 3. The van der Waals surface area contributed by atoms with Crippen LogP contribution in [0.15, 0.2) is 42.5 Å². The lowest BCUT2D eigenvalue weighted by Crippen LogP contribution is -2.18. The molecule has 0 spiro atoms. The normalized spacial score (nSPS) is 15.6. The summed E-state index contributed by atoms with van der Waals surface area (Å²) in [5.74, 6) is 1.40. The van der Waals surface area contributed by atoms with Gasteiger partial charge in [-0.2, -0.15) is 0 Å². The van der Waals surface area contributed by atoms with E-state index in [0.717, 1.165) is 53.8 Å². The van der Waals surface area contributed by atoms with Gasteiger partial charge in [-0.25, -0.2) is 9.78 Å². The highest BCUT2D eigenvalue weighted by molar-refractivity contribution is 6.01. The van der Waals surface area contributed by atoms with Gasteiger partial charge >= 0.3 is 5.97 Å². The van der Waals surface area contributed by atoms with E-state index in [1.54, 1.807) is 0 Å². The fraction of sp³-hybridized carbons (Fsp3) is 0.304. The molecule has 4 aromatic rings. The number of carbonyl (C=O) groups is 1. The zero-order valence-corrected chi connectivity index (χ0v) is 16.3. The van der Waals surface area contributed by atoms with Crippen LogP contribution in [0.2, 0.25) is 0 Å². The van der Waals surface area contributed by atoms with Gasteiger partial charge in [0.05, 0.1) is 35.1 Å². The summed E-state index contributed by atoms with van der Waals surface area (Å²) in [6.07, 6.45) is 2.61. The molecule has 0 saturated heterocycles. The lowest BCUT2D eigenvalue weighted by molar-refractivity contribution is 0.0601. The maximum Gasteiger partial charge on any atom is 0.338 e. The SMILES string of the molecule is COC(=O)c1cc2c3c(c1)nc(-c1cc4ccccc4n1CC1CC1)n3CCN2. The van der Waals surface area contributed by atoms with E-state index in [4.69, 9.17) is 9.72 Å². The van der Waals surface area contributed by atoms with E-state index >= 15 is 0 Å². The number of carbonyl (C=O) groups excluding carboxylic acids is 1. The summed E-state index contributed by atoms with van der Waals surface area (Å²) < 4.78 is 9.65. The highest BCUT2D eigenvalue weighted by Gasteiger charge is 2.27. The summed E-state index contributed by atoms with van der Waals surface area (Å²) in [6, 6.07) is 14.5. The second-order valence-corrected chi connectivity index (χ2v) is 8.04. The van der Waals surface area contributed by atoms with Crippen molar-refractivity contribution in [3.63, 3.8) is 0 Å². The predicted octanol–water partition coefficient (Wildman–Crippen LogP) is 4.28. The lowest BCUT2D eigenvalue weighted by atomic mass is 10.1. The standard InChI is InChI=1S/C23H22N4O2/c1-29-23(28)16-10-17-21-18(11-16)25-22(26(21)9-8-24-17)20-12-15-4-2-3-5-19(15)27(20)13-14-6-7-14/h2-5,10-12,14,24H,6-9,13H2,1H3. The van der Waals surface area contributed by atoms with E-state index in [9.17, 15) is 4.79 Å². The molecular weight excluding hydrogens is 364 g/mol. The minimum atomic E-state index is -0.338. The van der Waals surface area contributed by atoms with Crippen LogP contribution in [0, 0.1) is 5.92 Å². The van der Waals surface area contributed by atoms with E-state index in [1.165, 1.54) is 30.9 Å². The van der Waals surface area contributed by atoms with E-state index in [-0.39, 0.29) is 5.97 Å². The Hall–Kier alpha value is -3.28. The number of hydrogen-bond donors (Lipinski definition) is 1. The van der Waals surface area contributed by atoms with E-state index < -0.39 is 0 Å². The van der Waals surface area contributed by atoms with Gasteiger partial charge in [0.15, 0.2) is 5.82 Å². The van der Waals surface area contributed by atoms with Crippen molar-refractivity contribution in [3.8, 4) is 11.5 Å². The molecule has 0 amide bonds. The first-order valence-corrected chi connectivity index (χ1v) is 10.2. The third kappa shape index (κ3) is 2.55. The number of fused-ring (bicyclic) bond motifs is 1. The third-order valence-corrected chi connectivity index (χ3v) is 6.09. The number of hydrogen-bond acceptors (Lipinski definition) is 4. The molecular formula is C23H22N4O2. The maximum atomic E-state index is 12.1. The first kappa shape index (κ1) is 16.7. The zero-order valence-electron chi connectivity index (χ0n) is 16.3. The fourth-order valence-corrected chi connectivity index (χ4v) is 4.51. The summed E-state index contributed by atoms with van der Waals surface area (Å²) in [7, 11) is 1.41. The second-order valence-electron chi connectivity index (χ2n) is 8.04. The van der Waals surface area contributed by atoms with Gasteiger partial charge in [0.2, 0.25) is 0 Å². The number of methoxy groups -OCH3 is 1. The van der Waals surface area contributed by atoms with Gasteiger partial charge in [-0.1, -0.05) is 18.2 Å². The molecule has 1 fully saturated rings. The number of ether oxygens (including phenoxy) is 1. The number of benzene rings is 2. The van der Waals surface area contributed by atoms with Crippen molar-refractivity contribution in [1.82, 2.24) is 14.1 Å². The first-order valence-electron chi connectivity index (χ1n) is 10.2. The number of para-hydroxylation sites is 1. The Morgan fingerprint density at radius 2 is 2.10 bits per heavy atom. The highest BCUT2D eigenvalue weighted by Crippen LogP contribution is 2.38. The molecule has 1 aliphatic carbocycles. The molecule has 0 bridgehead atoms. The van der Waals surface area contributed by atoms with Crippen LogP contribution >= 0.6 is 0 Å². The molecule has 0 radical (unpaired) electrons. The van der Waals surface area contributed by atoms with Crippen molar-refractivity contribution in [3.05, 3.63) is 48.0 Å². The van der Waals surface area contributed by atoms with Gasteiger partial charge in [-0.05, 0) is 43.0 Å². The van der Waals surface area contributed by atoms with Gasteiger partial charge in [-0.15, -0.1) is 0 Å². The molecule has 2 aliphatic rings. The Kier molecular flexibility index (Phi) is 3.51. The Morgan fingerprint density at radius 1 is 1.24 bits per heavy atom. The summed E-state index contributed by atoms with van der Waals surface area (Å²) in [5.41, 5.74) is 5.77. The van der Waals surface area contributed by atoms with Crippen LogP contribution in [-0.4, -0.2) is 33.7 Å². The monoisotopic (exact) mass is 386 g/mol. The Morgan fingerprint density at radius 3 is 2.93 bits per heavy atom. The molecule has 6 rings (SSSR count). The largest absolute Gasteiger partial charge is 0.465 e. The van der Waals surface area contributed by atoms with Crippen molar-refractivity contribution < 1.29 is 9.53 Å². The van der Waals surface area contributed by atoms with E-state index in [2.05, 4.69) is 44.8 Å². The molecule has 2 aromatic heterocycles. The van der Waals surface area contributed by atoms with E-state index in [0.29, 0.717) is 5.56 Å². The molecule has 0 atom stereocenters. The molecule has 1 N–H and O–H groups in total. The van der Waals surface area contributed by atoms with Crippen molar-refractivity contribution in [1.29, 1.82) is 0 Å². The summed E-state index contributed by atoms with van der Waals surface area (Å²) >= 11 is 0. The smallest absolute Gasteiger partial charge is 0.338 e. The molecule has 2 aromatic carbocycles. The third-order valence-electron chi connectivity index (χ3n) is 6.09. The Labute approximate surface area is 168 Å². The predicted molar refractivity (Wildman–Crippen MR) is 113 cm³/mol. The molecule has 3 heterocycles. The number of esters is 1. The quantitative estimate of drug-likeness (QED) is 0.532. The average Bonchev–Trinajstić information content (AvgIpc) is 3.40.